The molecule has 220 valence electrons. The Morgan fingerprint density at radius 2 is 1.10 bits per heavy atom. The largest absolute Gasteiger partial charge is 0.463 e. The molecule has 9 atom stereocenters. The predicted octanol–water partition coefficient (Wildman–Crippen LogP) is -1.33. The highest BCUT2D eigenvalue weighted by Crippen LogP contribution is 2.33. The minimum absolute atomic E-state index is 0.427. The van der Waals surface area contributed by atoms with Crippen LogP contribution in [0.5, 0.6) is 0 Å². The number of hydrogen-bond donors (Lipinski definition) is 1. The van der Waals surface area contributed by atoms with Crippen LogP contribution in [0.3, 0.4) is 0 Å². The highest BCUT2D eigenvalue weighted by Gasteiger charge is 2.55. The zero-order valence-corrected chi connectivity index (χ0v) is 22.2. The van der Waals surface area contributed by atoms with E-state index in [2.05, 4.69) is 0 Å². The van der Waals surface area contributed by atoms with Crippen molar-refractivity contribution in [1.82, 2.24) is 0 Å². The lowest BCUT2D eigenvalue weighted by Crippen LogP contribution is -2.65. The summed E-state index contributed by atoms with van der Waals surface area (Å²) in [5.41, 5.74) is 0. The first-order valence-electron chi connectivity index (χ1n) is 11.8. The summed E-state index contributed by atoms with van der Waals surface area (Å²) in [5.74, 6) is -4.88. The van der Waals surface area contributed by atoms with Crippen molar-refractivity contribution in [2.75, 3.05) is 13.2 Å². The van der Waals surface area contributed by atoms with Gasteiger partial charge in [-0.2, -0.15) is 0 Å². The molecule has 0 radical (unpaired) electrons. The lowest BCUT2D eigenvalue weighted by atomic mass is 9.97. The average molecular weight is 564 g/mol. The van der Waals surface area contributed by atoms with Gasteiger partial charge in [-0.1, -0.05) is 0 Å². The molecule has 0 amide bonds. The summed E-state index contributed by atoms with van der Waals surface area (Å²) in [7, 11) is 0. The van der Waals surface area contributed by atoms with Crippen LogP contribution in [0.25, 0.3) is 0 Å². The fourth-order valence-corrected chi connectivity index (χ4v) is 4.00. The first-order chi connectivity index (χ1) is 18.2. The fraction of sp³-hybridized carbons (Fsp3) is 0.739. The van der Waals surface area contributed by atoms with E-state index in [1.54, 1.807) is 0 Å². The molecule has 1 N–H and O–H groups in total. The summed E-state index contributed by atoms with van der Waals surface area (Å²) in [6.45, 7) is 5.49. The smallest absolute Gasteiger partial charge is 0.303 e. The third-order valence-electron chi connectivity index (χ3n) is 5.26. The van der Waals surface area contributed by atoms with E-state index in [0.29, 0.717) is 0 Å². The Morgan fingerprint density at radius 3 is 1.62 bits per heavy atom. The minimum atomic E-state index is -1.69. The summed E-state index contributed by atoms with van der Waals surface area (Å²) >= 11 is 0. The van der Waals surface area contributed by atoms with Crippen LogP contribution in [0, 0.1) is 0 Å². The topological polar surface area (TPSA) is 206 Å². The Hall–Kier alpha value is -3.34. The van der Waals surface area contributed by atoms with Gasteiger partial charge in [0, 0.05) is 41.5 Å². The van der Waals surface area contributed by atoms with Crippen LogP contribution in [0.1, 0.15) is 41.5 Å². The molecule has 16 heteroatoms. The maximum absolute atomic E-state index is 12.0. The zero-order chi connectivity index (χ0) is 29.4. The molecule has 2 aliphatic heterocycles. The molecule has 0 bridgehead atoms. The predicted molar refractivity (Wildman–Crippen MR) is 120 cm³/mol. The lowest BCUT2D eigenvalue weighted by Gasteiger charge is -2.46. The van der Waals surface area contributed by atoms with Crippen LogP contribution in [0.2, 0.25) is 0 Å². The molecule has 2 saturated heterocycles. The van der Waals surface area contributed by atoms with Gasteiger partial charge < -0.3 is 47.7 Å². The quantitative estimate of drug-likeness (QED) is 0.254. The van der Waals surface area contributed by atoms with Gasteiger partial charge in [-0.05, 0) is 0 Å². The van der Waals surface area contributed by atoms with Crippen molar-refractivity contribution in [2.24, 2.45) is 0 Å². The van der Waals surface area contributed by atoms with Crippen LogP contribution in [-0.2, 0) is 71.4 Å². The van der Waals surface area contributed by atoms with E-state index in [0.717, 1.165) is 41.5 Å². The molecule has 16 nitrogen and oxygen atoms in total. The Labute approximate surface area is 223 Å². The van der Waals surface area contributed by atoms with Crippen LogP contribution in [0.4, 0.5) is 0 Å². The molecule has 2 rings (SSSR count). The highest BCUT2D eigenvalue weighted by atomic mass is 16.8. The van der Waals surface area contributed by atoms with Crippen molar-refractivity contribution in [3.05, 3.63) is 0 Å². The summed E-state index contributed by atoms with van der Waals surface area (Å²) in [6.07, 6.45) is -13.4. The Kier molecular flexibility index (Phi) is 11.6. The summed E-state index contributed by atoms with van der Waals surface area (Å²) in [4.78, 5) is 70.8. The SMILES string of the molecule is CC(=O)OC[C@H]1O[C@H](O[C@@H]2CO[C@@H](O)[C@H](OC(C)=O)[C@H]2OC(C)=O)[C@H](OC(C)=O)[C@@H](OC(C)=O)[C@H]1OC(C)=O. The van der Waals surface area contributed by atoms with Crippen molar-refractivity contribution in [3.8, 4) is 0 Å². The van der Waals surface area contributed by atoms with Crippen LogP contribution >= 0.6 is 0 Å². The molecular formula is C23H32O16. The van der Waals surface area contributed by atoms with Crippen molar-refractivity contribution in [1.29, 1.82) is 0 Å². The van der Waals surface area contributed by atoms with Gasteiger partial charge in [0.25, 0.3) is 0 Å². The van der Waals surface area contributed by atoms with Crippen molar-refractivity contribution in [2.45, 2.75) is 96.9 Å². The molecule has 2 fully saturated rings. The summed E-state index contributed by atoms with van der Waals surface area (Å²) in [5, 5.41) is 10.2. The molecular weight excluding hydrogens is 532 g/mol. The van der Waals surface area contributed by atoms with E-state index in [1.807, 2.05) is 0 Å². The average Bonchev–Trinajstić information content (AvgIpc) is 2.79. The van der Waals surface area contributed by atoms with E-state index >= 15 is 0 Å². The Balaban J connectivity index is 2.50. The van der Waals surface area contributed by atoms with Gasteiger partial charge in [0.15, 0.2) is 43.1 Å². The number of carbonyl (C=O) groups excluding carboxylic acids is 6. The lowest BCUT2D eigenvalue weighted by molar-refractivity contribution is -0.343. The van der Waals surface area contributed by atoms with Crippen LogP contribution in [-0.4, -0.2) is 109 Å². The normalized spacial score (nSPS) is 32.2. The highest BCUT2D eigenvalue weighted by molar-refractivity contribution is 5.69. The molecule has 0 aromatic rings. The number of rotatable bonds is 9. The van der Waals surface area contributed by atoms with E-state index in [1.165, 1.54) is 0 Å². The number of esters is 6. The molecule has 0 unspecified atom stereocenters. The standard InChI is InChI=1S/C23H32O16/c1-9(24)31-7-15-17(33-10(2)25)19(35-12(4)27)21(37-14(6)29)23(38-15)39-16-8-32-22(30)20(36-13(5)28)18(16)34-11(3)26/h15-23,30H,7-8H2,1-6H3/t15-,16-,17+,18+,19+,20-,21-,22-,23-/m1/s1. The Morgan fingerprint density at radius 1 is 0.641 bits per heavy atom. The second kappa shape index (κ2) is 14.2. The van der Waals surface area contributed by atoms with Gasteiger partial charge >= 0.3 is 35.8 Å². The van der Waals surface area contributed by atoms with E-state index < -0.39 is 104 Å². The first kappa shape index (κ1) is 31.9. The second-order valence-corrected chi connectivity index (χ2v) is 8.61. The van der Waals surface area contributed by atoms with Gasteiger partial charge in [0.1, 0.15) is 18.8 Å². The molecule has 0 aromatic heterocycles. The number of aliphatic hydroxyl groups excluding tert-OH is 1. The van der Waals surface area contributed by atoms with Crippen molar-refractivity contribution >= 4 is 35.8 Å². The number of ether oxygens (including phenoxy) is 9. The van der Waals surface area contributed by atoms with Crippen LogP contribution < -0.4 is 0 Å². The monoisotopic (exact) mass is 564 g/mol. The van der Waals surface area contributed by atoms with Gasteiger partial charge in [-0.25, -0.2) is 0 Å². The molecule has 0 saturated carbocycles. The van der Waals surface area contributed by atoms with Gasteiger partial charge in [-0.15, -0.1) is 0 Å². The third-order valence-corrected chi connectivity index (χ3v) is 5.26. The summed E-state index contributed by atoms with van der Waals surface area (Å²) in [6, 6.07) is 0. The Bertz CT molecular complexity index is 933. The van der Waals surface area contributed by atoms with Crippen molar-refractivity contribution in [3.63, 3.8) is 0 Å². The maximum Gasteiger partial charge on any atom is 0.303 e. The van der Waals surface area contributed by atoms with Crippen molar-refractivity contribution < 1.29 is 76.5 Å². The zero-order valence-electron chi connectivity index (χ0n) is 22.2. The van der Waals surface area contributed by atoms with E-state index in [4.69, 9.17) is 42.6 Å². The van der Waals surface area contributed by atoms with Crippen LogP contribution in [0.15, 0.2) is 0 Å². The number of hydrogen-bond acceptors (Lipinski definition) is 16. The molecule has 0 aliphatic carbocycles. The molecule has 0 spiro atoms. The fourth-order valence-electron chi connectivity index (χ4n) is 4.00. The van der Waals surface area contributed by atoms with Gasteiger partial charge in [0.05, 0.1) is 6.61 Å². The minimum Gasteiger partial charge on any atom is -0.463 e. The van der Waals surface area contributed by atoms with E-state index in [9.17, 15) is 33.9 Å². The molecule has 0 aromatic carbocycles. The maximum atomic E-state index is 12.0. The molecule has 2 aliphatic rings. The van der Waals surface area contributed by atoms with Gasteiger partial charge in [-0.3, -0.25) is 28.8 Å². The number of aliphatic hydroxyl groups is 1. The second-order valence-electron chi connectivity index (χ2n) is 8.61. The summed E-state index contributed by atoms with van der Waals surface area (Å²) < 4.78 is 48.3. The molecule has 39 heavy (non-hydrogen) atoms. The van der Waals surface area contributed by atoms with Gasteiger partial charge in [0.2, 0.25) is 0 Å². The third kappa shape index (κ3) is 9.42. The van der Waals surface area contributed by atoms with E-state index in [-0.39, 0.29) is 0 Å². The molecule has 2 heterocycles. The number of carbonyl (C=O) groups is 6. The first-order valence-corrected chi connectivity index (χ1v) is 11.8.